The van der Waals surface area contributed by atoms with Crippen LogP contribution in [0, 0.1) is 5.41 Å². The Labute approximate surface area is 120 Å². The zero-order valence-electron chi connectivity index (χ0n) is 12.3. The summed E-state index contributed by atoms with van der Waals surface area (Å²) in [4.78, 5) is 26.0. The van der Waals surface area contributed by atoms with Gasteiger partial charge in [-0.05, 0) is 17.4 Å². The molecular formula is C16H22N2O2. The lowest BCUT2D eigenvalue weighted by atomic mass is 9.83. The molecule has 1 aromatic rings. The SMILES string of the molecule is CC(C)(C)C1C(=O)NCC(=O)N1CCc1ccccc1. The van der Waals surface area contributed by atoms with Crippen LogP contribution in [0.15, 0.2) is 30.3 Å². The molecule has 1 fully saturated rings. The van der Waals surface area contributed by atoms with Crippen molar-refractivity contribution >= 4 is 11.8 Å². The number of nitrogens with zero attached hydrogens (tertiary/aromatic N) is 1. The smallest absolute Gasteiger partial charge is 0.243 e. The van der Waals surface area contributed by atoms with E-state index in [-0.39, 0.29) is 23.8 Å². The first-order valence-corrected chi connectivity index (χ1v) is 7.00. The molecule has 1 saturated heterocycles. The molecule has 4 nitrogen and oxygen atoms in total. The van der Waals surface area contributed by atoms with E-state index >= 15 is 0 Å². The molecule has 1 aliphatic heterocycles. The topological polar surface area (TPSA) is 49.4 Å². The molecule has 20 heavy (non-hydrogen) atoms. The van der Waals surface area contributed by atoms with Crippen molar-refractivity contribution in [2.24, 2.45) is 5.41 Å². The van der Waals surface area contributed by atoms with Crippen LogP contribution in [-0.4, -0.2) is 35.8 Å². The summed E-state index contributed by atoms with van der Waals surface area (Å²) in [6, 6.07) is 9.64. The number of hydrogen-bond acceptors (Lipinski definition) is 2. The summed E-state index contributed by atoms with van der Waals surface area (Å²) in [6.07, 6.45) is 0.770. The van der Waals surface area contributed by atoms with Crippen LogP contribution in [0.25, 0.3) is 0 Å². The van der Waals surface area contributed by atoms with Gasteiger partial charge in [-0.15, -0.1) is 0 Å². The van der Waals surface area contributed by atoms with Crippen LogP contribution in [0.2, 0.25) is 0 Å². The number of carbonyl (C=O) groups excluding carboxylic acids is 2. The Hall–Kier alpha value is -1.84. The molecular weight excluding hydrogens is 252 g/mol. The Morgan fingerprint density at radius 3 is 2.45 bits per heavy atom. The van der Waals surface area contributed by atoms with Crippen molar-refractivity contribution in [3.63, 3.8) is 0 Å². The monoisotopic (exact) mass is 274 g/mol. The molecule has 2 amide bonds. The number of rotatable bonds is 3. The highest BCUT2D eigenvalue weighted by atomic mass is 16.2. The highest BCUT2D eigenvalue weighted by Gasteiger charge is 2.41. The minimum Gasteiger partial charge on any atom is -0.345 e. The van der Waals surface area contributed by atoms with E-state index in [4.69, 9.17) is 0 Å². The lowest BCUT2D eigenvalue weighted by Gasteiger charge is -2.42. The van der Waals surface area contributed by atoms with E-state index in [0.717, 1.165) is 6.42 Å². The van der Waals surface area contributed by atoms with Crippen molar-refractivity contribution in [2.75, 3.05) is 13.1 Å². The number of piperazine rings is 1. The summed E-state index contributed by atoms with van der Waals surface area (Å²) in [5, 5.41) is 2.69. The normalized spacial score (nSPS) is 19.9. The van der Waals surface area contributed by atoms with E-state index in [0.29, 0.717) is 6.54 Å². The minimum atomic E-state index is -0.396. The van der Waals surface area contributed by atoms with Crippen LogP contribution in [0.3, 0.4) is 0 Å². The highest BCUT2D eigenvalue weighted by molar-refractivity contribution is 5.95. The fourth-order valence-corrected chi connectivity index (χ4v) is 2.66. The standard InChI is InChI=1S/C16H22N2O2/c1-16(2,3)14-15(20)17-11-13(19)18(14)10-9-12-7-5-4-6-8-12/h4-8,14H,9-11H2,1-3H3,(H,17,20). The van der Waals surface area contributed by atoms with E-state index in [1.807, 2.05) is 51.1 Å². The summed E-state index contributed by atoms with van der Waals surface area (Å²) in [6.45, 7) is 6.67. The first-order valence-electron chi connectivity index (χ1n) is 7.00. The molecule has 0 radical (unpaired) electrons. The van der Waals surface area contributed by atoms with Crippen molar-refractivity contribution in [1.82, 2.24) is 10.2 Å². The van der Waals surface area contributed by atoms with E-state index < -0.39 is 6.04 Å². The van der Waals surface area contributed by atoms with E-state index in [9.17, 15) is 9.59 Å². The molecule has 2 rings (SSSR count). The van der Waals surface area contributed by atoms with Crippen LogP contribution in [0.4, 0.5) is 0 Å². The van der Waals surface area contributed by atoms with Gasteiger partial charge in [0, 0.05) is 6.54 Å². The Morgan fingerprint density at radius 2 is 1.85 bits per heavy atom. The third-order valence-electron chi connectivity index (χ3n) is 3.60. The van der Waals surface area contributed by atoms with Crippen LogP contribution in [-0.2, 0) is 16.0 Å². The van der Waals surface area contributed by atoms with E-state index in [1.54, 1.807) is 4.90 Å². The van der Waals surface area contributed by atoms with E-state index in [1.165, 1.54) is 5.56 Å². The first kappa shape index (κ1) is 14.6. The van der Waals surface area contributed by atoms with Gasteiger partial charge in [0.05, 0.1) is 6.54 Å². The molecule has 1 N–H and O–H groups in total. The Balaban J connectivity index is 2.13. The van der Waals surface area contributed by atoms with Gasteiger partial charge in [0.1, 0.15) is 6.04 Å². The molecule has 1 aromatic carbocycles. The minimum absolute atomic E-state index is 0.000422. The van der Waals surface area contributed by atoms with Crippen LogP contribution in [0.1, 0.15) is 26.3 Å². The predicted octanol–water partition coefficient (Wildman–Crippen LogP) is 1.60. The van der Waals surface area contributed by atoms with Gasteiger partial charge in [-0.3, -0.25) is 9.59 Å². The van der Waals surface area contributed by atoms with Gasteiger partial charge in [0.2, 0.25) is 11.8 Å². The van der Waals surface area contributed by atoms with Gasteiger partial charge < -0.3 is 10.2 Å². The maximum absolute atomic E-state index is 12.1. The molecule has 0 saturated carbocycles. The Bertz CT molecular complexity index is 491. The number of nitrogens with one attached hydrogen (secondary N) is 1. The summed E-state index contributed by atoms with van der Waals surface area (Å²) >= 11 is 0. The summed E-state index contributed by atoms with van der Waals surface area (Å²) in [5.74, 6) is -0.0504. The van der Waals surface area contributed by atoms with Crippen molar-refractivity contribution in [1.29, 1.82) is 0 Å². The second kappa shape index (κ2) is 5.65. The summed E-state index contributed by atoms with van der Waals surface area (Å²) in [7, 11) is 0. The second-order valence-electron chi connectivity index (χ2n) is 6.31. The molecule has 1 heterocycles. The fourth-order valence-electron chi connectivity index (χ4n) is 2.66. The number of hydrogen-bond donors (Lipinski definition) is 1. The number of amides is 2. The zero-order valence-corrected chi connectivity index (χ0v) is 12.3. The molecule has 0 aliphatic carbocycles. The van der Waals surface area contributed by atoms with Crippen molar-refractivity contribution in [3.8, 4) is 0 Å². The van der Waals surface area contributed by atoms with Crippen LogP contribution < -0.4 is 5.32 Å². The highest BCUT2D eigenvalue weighted by Crippen LogP contribution is 2.26. The molecule has 108 valence electrons. The number of benzene rings is 1. The quantitative estimate of drug-likeness (QED) is 0.910. The van der Waals surface area contributed by atoms with Gasteiger partial charge in [-0.1, -0.05) is 51.1 Å². The second-order valence-corrected chi connectivity index (χ2v) is 6.31. The first-order chi connectivity index (χ1) is 9.39. The third kappa shape index (κ3) is 3.18. The van der Waals surface area contributed by atoms with Crippen molar-refractivity contribution in [2.45, 2.75) is 33.2 Å². The van der Waals surface area contributed by atoms with Crippen molar-refractivity contribution < 1.29 is 9.59 Å². The molecule has 4 heteroatoms. The maximum Gasteiger partial charge on any atom is 0.243 e. The zero-order chi connectivity index (χ0) is 14.8. The Morgan fingerprint density at radius 1 is 1.20 bits per heavy atom. The lowest BCUT2D eigenvalue weighted by Crippen LogP contribution is -2.63. The van der Waals surface area contributed by atoms with Gasteiger partial charge in [0.25, 0.3) is 0 Å². The van der Waals surface area contributed by atoms with Gasteiger partial charge >= 0.3 is 0 Å². The molecule has 0 aromatic heterocycles. The lowest BCUT2D eigenvalue weighted by molar-refractivity contribution is -0.149. The van der Waals surface area contributed by atoms with Gasteiger partial charge in [0.15, 0.2) is 0 Å². The molecule has 0 spiro atoms. The third-order valence-corrected chi connectivity index (χ3v) is 3.60. The van der Waals surface area contributed by atoms with Gasteiger partial charge in [-0.25, -0.2) is 0 Å². The number of carbonyl (C=O) groups is 2. The van der Waals surface area contributed by atoms with Crippen LogP contribution in [0.5, 0.6) is 0 Å². The average Bonchev–Trinajstić information content (AvgIpc) is 2.39. The van der Waals surface area contributed by atoms with Crippen molar-refractivity contribution in [3.05, 3.63) is 35.9 Å². The predicted molar refractivity (Wildman–Crippen MR) is 78.1 cm³/mol. The molecule has 1 aliphatic rings. The Kier molecular flexibility index (Phi) is 4.12. The largest absolute Gasteiger partial charge is 0.345 e. The summed E-state index contributed by atoms with van der Waals surface area (Å²) < 4.78 is 0. The molecule has 1 unspecified atom stereocenters. The van der Waals surface area contributed by atoms with Gasteiger partial charge in [-0.2, -0.15) is 0 Å². The molecule has 0 bridgehead atoms. The summed E-state index contributed by atoms with van der Waals surface area (Å²) in [5.41, 5.74) is 0.913. The van der Waals surface area contributed by atoms with Crippen LogP contribution >= 0.6 is 0 Å². The average molecular weight is 274 g/mol. The molecule has 1 atom stereocenters. The maximum atomic E-state index is 12.1. The fraction of sp³-hybridized carbons (Fsp3) is 0.500. The van der Waals surface area contributed by atoms with E-state index in [2.05, 4.69) is 5.32 Å².